The molecule has 1 aromatic heterocycles. The summed E-state index contributed by atoms with van der Waals surface area (Å²) in [6, 6.07) is 54.2. The molecule has 0 bridgehead atoms. The molecule has 0 saturated carbocycles. The van der Waals surface area contributed by atoms with Crippen LogP contribution in [0.4, 0.5) is 0 Å². The van der Waals surface area contributed by atoms with Crippen LogP contribution in [0.15, 0.2) is 156 Å². The molecule has 0 saturated heterocycles. The Bertz CT molecular complexity index is 2910. The van der Waals surface area contributed by atoms with Crippen LogP contribution in [0, 0.1) is 0 Å². The van der Waals surface area contributed by atoms with Gasteiger partial charge < -0.3 is 4.42 Å². The second-order valence-corrected chi connectivity index (χ2v) is 15.1. The van der Waals surface area contributed by atoms with E-state index in [2.05, 4.69) is 172 Å². The summed E-state index contributed by atoms with van der Waals surface area (Å²) in [5.74, 6) is 1.01. The van der Waals surface area contributed by atoms with Crippen LogP contribution in [0.3, 0.4) is 0 Å². The summed E-state index contributed by atoms with van der Waals surface area (Å²) in [5, 5.41) is 8.97. The zero-order chi connectivity index (χ0) is 34.6. The van der Waals surface area contributed by atoms with Crippen molar-refractivity contribution in [3.05, 3.63) is 174 Å². The molecule has 0 radical (unpaired) electrons. The predicted octanol–water partition coefficient (Wildman–Crippen LogP) is 14.2. The molecule has 11 rings (SSSR count). The summed E-state index contributed by atoms with van der Waals surface area (Å²) in [6.45, 7) is 4.79. The van der Waals surface area contributed by atoms with E-state index in [0.29, 0.717) is 0 Å². The lowest BCUT2D eigenvalue weighted by Crippen LogP contribution is -2.15. The van der Waals surface area contributed by atoms with Gasteiger partial charge in [0.2, 0.25) is 0 Å². The first-order chi connectivity index (χ1) is 25.6. The molecule has 0 fully saturated rings. The number of fused-ring (bicyclic) bond motifs is 10. The molecule has 0 spiro atoms. The van der Waals surface area contributed by atoms with Crippen molar-refractivity contribution in [2.75, 3.05) is 0 Å². The van der Waals surface area contributed by atoms with Gasteiger partial charge in [-0.05, 0) is 125 Å². The van der Waals surface area contributed by atoms with Gasteiger partial charge in [-0.3, -0.25) is 0 Å². The van der Waals surface area contributed by atoms with Crippen molar-refractivity contribution < 1.29 is 4.42 Å². The highest BCUT2D eigenvalue weighted by Gasteiger charge is 2.36. The zero-order valence-electron chi connectivity index (χ0n) is 29.3. The van der Waals surface area contributed by atoms with E-state index in [4.69, 9.17) is 4.42 Å². The molecular formula is C51H36O. The van der Waals surface area contributed by atoms with Gasteiger partial charge in [-0.1, -0.05) is 147 Å². The quantitative estimate of drug-likeness (QED) is 0.171. The van der Waals surface area contributed by atoms with E-state index < -0.39 is 0 Å². The standard InChI is InChI=1S/C51H36O/c1-51(2)44-28-32(43-30-47-50(37-17-7-6-16-34(37)43)42-22-12-13-23-46(42)52-47)24-26-35(44)36-27-25-33(29-45(36)51)49-40-20-10-8-18-38(40)48(31-14-4-3-5-15-31)39-19-9-11-21-41(39)49/h3-11,13-21,23-30H,12,22H2,1-2H3. The molecule has 0 aliphatic heterocycles. The van der Waals surface area contributed by atoms with Gasteiger partial charge in [0.25, 0.3) is 0 Å². The minimum Gasteiger partial charge on any atom is -0.456 e. The van der Waals surface area contributed by atoms with E-state index in [1.165, 1.54) is 98.9 Å². The summed E-state index contributed by atoms with van der Waals surface area (Å²) in [7, 11) is 0. The van der Waals surface area contributed by atoms with Gasteiger partial charge in [0.15, 0.2) is 0 Å². The van der Waals surface area contributed by atoms with Gasteiger partial charge in [0.05, 0.1) is 0 Å². The van der Waals surface area contributed by atoms with Crippen molar-refractivity contribution in [2.24, 2.45) is 0 Å². The summed E-state index contributed by atoms with van der Waals surface area (Å²) < 4.78 is 6.51. The molecule has 2 aliphatic rings. The van der Waals surface area contributed by atoms with Crippen LogP contribution in [-0.2, 0) is 11.8 Å². The molecule has 8 aromatic carbocycles. The highest BCUT2D eigenvalue weighted by Crippen LogP contribution is 2.53. The van der Waals surface area contributed by atoms with Gasteiger partial charge >= 0.3 is 0 Å². The average Bonchev–Trinajstić information content (AvgIpc) is 3.68. The fourth-order valence-electron chi connectivity index (χ4n) is 9.50. The molecule has 1 heteroatoms. The largest absolute Gasteiger partial charge is 0.456 e. The van der Waals surface area contributed by atoms with Crippen molar-refractivity contribution in [3.8, 4) is 44.5 Å². The van der Waals surface area contributed by atoms with Crippen molar-refractivity contribution in [1.82, 2.24) is 0 Å². The molecule has 0 N–H and O–H groups in total. The molecule has 0 unspecified atom stereocenters. The van der Waals surface area contributed by atoms with E-state index >= 15 is 0 Å². The monoisotopic (exact) mass is 664 g/mol. The molecule has 52 heavy (non-hydrogen) atoms. The Balaban J connectivity index is 1.09. The SMILES string of the molecule is CC1(C)c2cc(-c3c4ccccc4c(-c4ccccc4)c4ccccc34)ccc2-c2ccc(-c3cc4oc5c(c4c4ccccc34)CCC=C5)cc21. The summed E-state index contributed by atoms with van der Waals surface area (Å²) in [4.78, 5) is 0. The van der Waals surface area contributed by atoms with Crippen LogP contribution in [0.1, 0.15) is 42.7 Å². The zero-order valence-corrected chi connectivity index (χ0v) is 29.3. The first-order valence-electron chi connectivity index (χ1n) is 18.5. The molecule has 0 amide bonds. The number of hydrogen-bond acceptors (Lipinski definition) is 1. The smallest absolute Gasteiger partial charge is 0.136 e. The van der Waals surface area contributed by atoms with Crippen LogP contribution in [-0.4, -0.2) is 0 Å². The highest BCUT2D eigenvalue weighted by atomic mass is 16.3. The normalized spacial score (nSPS) is 14.3. The maximum absolute atomic E-state index is 6.51. The van der Waals surface area contributed by atoms with Gasteiger partial charge in [-0.25, -0.2) is 0 Å². The topological polar surface area (TPSA) is 13.1 Å². The van der Waals surface area contributed by atoms with E-state index in [0.717, 1.165) is 24.2 Å². The van der Waals surface area contributed by atoms with E-state index in [1.807, 2.05) is 0 Å². The van der Waals surface area contributed by atoms with Gasteiger partial charge in [0, 0.05) is 16.4 Å². The third kappa shape index (κ3) is 4.11. The second-order valence-electron chi connectivity index (χ2n) is 15.1. The van der Waals surface area contributed by atoms with Crippen LogP contribution < -0.4 is 0 Å². The number of benzene rings is 8. The number of allylic oxidation sites excluding steroid dienone is 1. The first kappa shape index (κ1) is 29.5. The first-order valence-corrected chi connectivity index (χ1v) is 18.5. The lowest BCUT2D eigenvalue weighted by molar-refractivity contribution is 0.595. The van der Waals surface area contributed by atoms with Crippen LogP contribution >= 0.6 is 0 Å². The number of aryl methyl sites for hydroxylation is 1. The third-order valence-corrected chi connectivity index (χ3v) is 11.9. The Kier molecular flexibility index (Phi) is 6.20. The van der Waals surface area contributed by atoms with Gasteiger partial charge in [0.1, 0.15) is 11.3 Å². The van der Waals surface area contributed by atoms with Crippen LogP contribution in [0.2, 0.25) is 0 Å². The fourth-order valence-corrected chi connectivity index (χ4v) is 9.50. The Morgan fingerprint density at radius 1 is 0.481 bits per heavy atom. The summed E-state index contributed by atoms with van der Waals surface area (Å²) in [6.07, 6.45) is 6.47. The molecule has 1 nitrogen and oxygen atoms in total. The third-order valence-electron chi connectivity index (χ3n) is 11.9. The summed E-state index contributed by atoms with van der Waals surface area (Å²) in [5.41, 5.74) is 15.1. The molecule has 2 aliphatic carbocycles. The van der Waals surface area contributed by atoms with E-state index in [1.54, 1.807) is 0 Å². The van der Waals surface area contributed by atoms with Crippen LogP contribution in [0.5, 0.6) is 0 Å². The second kappa shape index (κ2) is 10.9. The maximum atomic E-state index is 6.51. The Labute approximate surface area is 303 Å². The lowest BCUT2D eigenvalue weighted by Gasteiger charge is -2.23. The molecule has 246 valence electrons. The Morgan fingerprint density at radius 3 is 1.67 bits per heavy atom. The molecular weight excluding hydrogens is 629 g/mol. The Morgan fingerprint density at radius 2 is 1.02 bits per heavy atom. The van der Waals surface area contributed by atoms with Crippen molar-refractivity contribution >= 4 is 49.4 Å². The van der Waals surface area contributed by atoms with Crippen LogP contribution in [0.25, 0.3) is 93.9 Å². The minimum absolute atomic E-state index is 0.180. The lowest BCUT2D eigenvalue weighted by atomic mass is 9.79. The Hall–Kier alpha value is -6.18. The van der Waals surface area contributed by atoms with Crippen molar-refractivity contribution in [1.29, 1.82) is 0 Å². The van der Waals surface area contributed by atoms with E-state index in [9.17, 15) is 0 Å². The molecule has 9 aromatic rings. The van der Waals surface area contributed by atoms with Crippen molar-refractivity contribution in [3.63, 3.8) is 0 Å². The van der Waals surface area contributed by atoms with Gasteiger partial charge in [-0.15, -0.1) is 0 Å². The van der Waals surface area contributed by atoms with Gasteiger partial charge in [-0.2, -0.15) is 0 Å². The molecule has 0 atom stereocenters. The molecule has 1 heterocycles. The maximum Gasteiger partial charge on any atom is 0.136 e. The van der Waals surface area contributed by atoms with E-state index in [-0.39, 0.29) is 5.41 Å². The number of hydrogen-bond donors (Lipinski definition) is 0. The average molecular weight is 665 g/mol. The highest BCUT2D eigenvalue weighted by molar-refractivity contribution is 6.21. The number of furan rings is 1. The predicted molar refractivity (Wildman–Crippen MR) is 220 cm³/mol. The fraction of sp³-hybridized carbons (Fsp3) is 0.0980. The minimum atomic E-state index is -0.180. The van der Waals surface area contributed by atoms with Crippen molar-refractivity contribution in [2.45, 2.75) is 32.1 Å². The number of rotatable bonds is 3. The summed E-state index contributed by atoms with van der Waals surface area (Å²) >= 11 is 0.